The van der Waals surface area contributed by atoms with E-state index in [9.17, 15) is 4.79 Å². The number of nitrogens with one attached hydrogen (secondary N) is 1. The number of carbonyl (C=O) groups is 1. The van der Waals surface area contributed by atoms with Gasteiger partial charge in [0.25, 0.3) is 0 Å². The van der Waals surface area contributed by atoms with Gasteiger partial charge in [0.1, 0.15) is 0 Å². The number of hydrogen-bond donors (Lipinski definition) is 2. The van der Waals surface area contributed by atoms with Crippen LogP contribution in [0.4, 0.5) is 0 Å². The highest BCUT2D eigenvalue weighted by Gasteiger charge is 2.02. The van der Waals surface area contributed by atoms with Gasteiger partial charge < -0.3 is 5.73 Å². The van der Waals surface area contributed by atoms with Crippen LogP contribution in [0.15, 0.2) is 36.5 Å². The fourth-order valence-corrected chi connectivity index (χ4v) is 1.23. The van der Waals surface area contributed by atoms with Gasteiger partial charge in [-0.05, 0) is 18.2 Å². The van der Waals surface area contributed by atoms with Crippen molar-refractivity contribution in [3.63, 3.8) is 0 Å². The number of rotatable bonds is 2. The average Bonchev–Trinajstić information content (AvgIpc) is 2.71. The van der Waals surface area contributed by atoms with Gasteiger partial charge >= 0.3 is 0 Å². The zero-order chi connectivity index (χ0) is 9.97. The molecule has 0 spiro atoms. The summed E-state index contributed by atoms with van der Waals surface area (Å²) in [6.45, 7) is 0. The first-order chi connectivity index (χ1) is 6.77. The van der Waals surface area contributed by atoms with Crippen molar-refractivity contribution in [3.05, 3.63) is 42.1 Å². The zero-order valence-electron chi connectivity index (χ0n) is 7.40. The van der Waals surface area contributed by atoms with Gasteiger partial charge in [-0.15, -0.1) is 0 Å². The summed E-state index contributed by atoms with van der Waals surface area (Å²) in [4.78, 5) is 10.8. The molecule has 0 saturated carbocycles. The van der Waals surface area contributed by atoms with E-state index in [1.165, 1.54) is 0 Å². The molecule has 0 bridgehead atoms. The Morgan fingerprint density at radius 1 is 1.21 bits per heavy atom. The summed E-state index contributed by atoms with van der Waals surface area (Å²) in [6.07, 6.45) is 1.75. The highest BCUT2D eigenvalue weighted by atomic mass is 16.1. The maximum atomic E-state index is 10.8. The first-order valence-electron chi connectivity index (χ1n) is 4.17. The number of aromatic nitrogens is 2. The van der Waals surface area contributed by atoms with Gasteiger partial charge in [0.2, 0.25) is 5.91 Å². The van der Waals surface area contributed by atoms with Gasteiger partial charge in [0, 0.05) is 17.3 Å². The molecule has 2 aromatic rings. The molecule has 4 nitrogen and oxygen atoms in total. The second-order valence-electron chi connectivity index (χ2n) is 2.90. The van der Waals surface area contributed by atoms with Gasteiger partial charge in [-0.25, -0.2) is 0 Å². The van der Waals surface area contributed by atoms with E-state index in [1.54, 1.807) is 18.3 Å². The third-order valence-electron chi connectivity index (χ3n) is 1.97. The second-order valence-corrected chi connectivity index (χ2v) is 2.90. The summed E-state index contributed by atoms with van der Waals surface area (Å²) in [6, 6.07) is 8.87. The first kappa shape index (κ1) is 8.50. The van der Waals surface area contributed by atoms with E-state index >= 15 is 0 Å². The Morgan fingerprint density at radius 3 is 2.43 bits per heavy atom. The smallest absolute Gasteiger partial charge is 0.248 e. The van der Waals surface area contributed by atoms with Crippen LogP contribution < -0.4 is 5.73 Å². The molecular formula is C10H9N3O. The van der Waals surface area contributed by atoms with Crippen molar-refractivity contribution in [3.8, 4) is 11.3 Å². The summed E-state index contributed by atoms with van der Waals surface area (Å²) < 4.78 is 0. The second kappa shape index (κ2) is 3.33. The molecule has 3 N–H and O–H groups in total. The molecule has 70 valence electrons. The SMILES string of the molecule is NC(=O)c1ccc(-c2cc[nH]n2)cc1. The molecule has 0 saturated heterocycles. The van der Waals surface area contributed by atoms with E-state index in [0.29, 0.717) is 5.56 Å². The number of benzene rings is 1. The molecule has 4 heteroatoms. The predicted octanol–water partition coefficient (Wildman–Crippen LogP) is 1.18. The van der Waals surface area contributed by atoms with Crippen molar-refractivity contribution in [1.29, 1.82) is 0 Å². The van der Waals surface area contributed by atoms with Crippen LogP contribution >= 0.6 is 0 Å². The molecule has 2 rings (SSSR count). The third kappa shape index (κ3) is 1.50. The Morgan fingerprint density at radius 2 is 1.93 bits per heavy atom. The lowest BCUT2D eigenvalue weighted by Crippen LogP contribution is -2.10. The molecule has 1 amide bonds. The Kier molecular flexibility index (Phi) is 2.02. The fourth-order valence-electron chi connectivity index (χ4n) is 1.23. The van der Waals surface area contributed by atoms with Crippen molar-refractivity contribution >= 4 is 5.91 Å². The van der Waals surface area contributed by atoms with Crippen LogP contribution in [0.3, 0.4) is 0 Å². The van der Waals surface area contributed by atoms with E-state index in [2.05, 4.69) is 10.2 Å². The number of H-pyrrole nitrogens is 1. The Hall–Kier alpha value is -2.10. The van der Waals surface area contributed by atoms with E-state index in [1.807, 2.05) is 18.2 Å². The molecule has 14 heavy (non-hydrogen) atoms. The molecule has 0 unspecified atom stereocenters. The molecule has 1 aromatic heterocycles. The number of primary amides is 1. The van der Waals surface area contributed by atoms with Gasteiger partial charge in [-0.3, -0.25) is 9.89 Å². The van der Waals surface area contributed by atoms with Crippen LogP contribution in [0.2, 0.25) is 0 Å². The van der Waals surface area contributed by atoms with E-state index < -0.39 is 5.91 Å². The molecule has 0 fully saturated rings. The van der Waals surface area contributed by atoms with Crippen LogP contribution in [-0.2, 0) is 0 Å². The van der Waals surface area contributed by atoms with Crippen molar-refractivity contribution in [2.24, 2.45) is 5.73 Å². The standard InChI is InChI=1S/C10H9N3O/c11-10(14)8-3-1-7(2-4-8)9-5-6-12-13-9/h1-6H,(H2,11,14)(H,12,13). The number of nitrogens with two attached hydrogens (primary N) is 1. The van der Waals surface area contributed by atoms with E-state index in [4.69, 9.17) is 5.73 Å². The van der Waals surface area contributed by atoms with Gasteiger partial charge in [-0.2, -0.15) is 5.10 Å². The predicted molar refractivity (Wildman–Crippen MR) is 52.5 cm³/mol. The van der Waals surface area contributed by atoms with Crippen LogP contribution in [-0.4, -0.2) is 16.1 Å². The van der Waals surface area contributed by atoms with Crippen molar-refractivity contribution in [2.75, 3.05) is 0 Å². The summed E-state index contributed by atoms with van der Waals surface area (Å²) in [5, 5.41) is 6.74. The monoisotopic (exact) mass is 187 g/mol. The molecule has 0 aliphatic heterocycles. The topological polar surface area (TPSA) is 71.8 Å². The van der Waals surface area contributed by atoms with Crippen LogP contribution in [0.25, 0.3) is 11.3 Å². The maximum absolute atomic E-state index is 10.8. The van der Waals surface area contributed by atoms with Crippen LogP contribution in [0, 0.1) is 0 Å². The highest BCUT2D eigenvalue weighted by Crippen LogP contribution is 2.16. The maximum Gasteiger partial charge on any atom is 0.248 e. The number of aromatic amines is 1. The van der Waals surface area contributed by atoms with Gasteiger partial charge in [0.15, 0.2) is 0 Å². The molecule has 0 aliphatic carbocycles. The quantitative estimate of drug-likeness (QED) is 0.740. The summed E-state index contributed by atoms with van der Waals surface area (Å²) in [5.74, 6) is -0.418. The van der Waals surface area contributed by atoms with Crippen molar-refractivity contribution in [2.45, 2.75) is 0 Å². The van der Waals surface area contributed by atoms with Crippen LogP contribution in [0.5, 0.6) is 0 Å². The van der Waals surface area contributed by atoms with Gasteiger partial charge in [-0.1, -0.05) is 12.1 Å². The summed E-state index contributed by atoms with van der Waals surface area (Å²) in [5.41, 5.74) is 7.43. The molecule has 1 heterocycles. The number of nitrogens with zero attached hydrogens (tertiary/aromatic N) is 1. The number of hydrogen-bond acceptors (Lipinski definition) is 2. The molecular weight excluding hydrogens is 178 g/mol. The number of carbonyl (C=O) groups excluding carboxylic acids is 1. The lowest BCUT2D eigenvalue weighted by molar-refractivity contribution is 0.100. The lowest BCUT2D eigenvalue weighted by atomic mass is 10.1. The van der Waals surface area contributed by atoms with Gasteiger partial charge in [0.05, 0.1) is 5.69 Å². The number of amides is 1. The van der Waals surface area contributed by atoms with Crippen LogP contribution in [0.1, 0.15) is 10.4 Å². The third-order valence-corrected chi connectivity index (χ3v) is 1.97. The Labute approximate surface area is 80.8 Å². The van der Waals surface area contributed by atoms with E-state index in [-0.39, 0.29) is 0 Å². The highest BCUT2D eigenvalue weighted by molar-refractivity contribution is 5.93. The minimum absolute atomic E-state index is 0.418. The molecule has 0 radical (unpaired) electrons. The first-order valence-corrected chi connectivity index (χ1v) is 4.17. The minimum atomic E-state index is -0.418. The normalized spacial score (nSPS) is 10.0. The molecule has 0 atom stereocenters. The Bertz CT molecular complexity index is 431. The van der Waals surface area contributed by atoms with Crippen molar-refractivity contribution in [1.82, 2.24) is 10.2 Å². The summed E-state index contributed by atoms with van der Waals surface area (Å²) in [7, 11) is 0. The Balaban J connectivity index is 2.36. The van der Waals surface area contributed by atoms with Crippen molar-refractivity contribution < 1.29 is 4.79 Å². The largest absolute Gasteiger partial charge is 0.366 e. The molecule has 0 aliphatic rings. The minimum Gasteiger partial charge on any atom is -0.366 e. The van der Waals surface area contributed by atoms with E-state index in [0.717, 1.165) is 11.3 Å². The lowest BCUT2D eigenvalue weighted by Gasteiger charge is -1.97. The summed E-state index contributed by atoms with van der Waals surface area (Å²) >= 11 is 0. The average molecular weight is 187 g/mol. The fraction of sp³-hybridized carbons (Fsp3) is 0. The molecule has 1 aromatic carbocycles. The zero-order valence-corrected chi connectivity index (χ0v) is 7.40.